The van der Waals surface area contributed by atoms with Gasteiger partial charge in [-0.25, -0.2) is 17.5 Å². The highest BCUT2D eigenvalue weighted by molar-refractivity contribution is 7.89. The van der Waals surface area contributed by atoms with Crippen molar-refractivity contribution in [3.05, 3.63) is 51.4 Å². The summed E-state index contributed by atoms with van der Waals surface area (Å²) in [5.41, 5.74) is 1.09. The van der Waals surface area contributed by atoms with E-state index in [2.05, 4.69) is 4.72 Å². The van der Waals surface area contributed by atoms with Gasteiger partial charge in [-0.15, -0.1) is 0 Å². The predicted octanol–water partition coefficient (Wildman–Crippen LogP) is 3.38. The monoisotopic (exact) mass is 377 g/mol. The summed E-state index contributed by atoms with van der Waals surface area (Å²) in [6.07, 6.45) is 1.13. The van der Waals surface area contributed by atoms with Crippen LogP contribution in [0.1, 0.15) is 24.3 Å². The average molecular weight is 378 g/mol. The largest absolute Gasteiger partial charge is 0.396 e. The molecule has 0 bridgehead atoms. The second kappa shape index (κ2) is 8.21. The van der Waals surface area contributed by atoms with Gasteiger partial charge in [-0.2, -0.15) is 11.3 Å². The highest BCUT2D eigenvalue weighted by Crippen LogP contribution is 2.25. The molecule has 0 spiro atoms. The Bertz CT molecular complexity index is 735. The van der Waals surface area contributed by atoms with E-state index in [0.717, 1.165) is 17.7 Å². The first-order valence-electron chi connectivity index (χ1n) is 7.01. The zero-order valence-electron chi connectivity index (χ0n) is 12.2. The van der Waals surface area contributed by atoms with Gasteiger partial charge >= 0.3 is 0 Å². The van der Waals surface area contributed by atoms with E-state index in [1.165, 1.54) is 6.07 Å². The lowest BCUT2D eigenvalue weighted by Gasteiger charge is -2.15. The molecule has 1 aromatic heterocycles. The Morgan fingerprint density at radius 3 is 2.70 bits per heavy atom. The minimum Gasteiger partial charge on any atom is -0.396 e. The Balaban J connectivity index is 1.99. The van der Waals surface area contributed by atoms with Gasteiger partial charge in [-0.05, 0) is 59.3 Å². The molecule has 2 aromatic rings. The van der Waals surface area contributed by atoms with Crippen molar-refractivity contribution in [2.75, 3.05) is 13.2 Å². The lowest BCUT2D eigenvalue weighted by molar-refractivity contribution is 0.273. The lowest BCUT2D eigenvalue weighted by Crippen LogP contribution is -2.26. The van der Waals surface area contributed by atoms with Crippen LogP contribution < -0.4 is 4.72 Å². The molecule has 0 aliphatic heterocycles. The average Bonchev–Trinajstić information content (AvgIpc) is 3.03. The van der Waals surface area contributed by atoms with Crippen molar-refractivity contribution in [2.24, 2.45) is 0 Å². The van der Waals surface area contributed by atoms with Gasteiger partial charge in [0.2, 0.25) is 10.0 Å². The molecule has 126 valence electrons. The topological polar surface area (TPSA) is 66.4 Å². The third-order valence-corrected chi connectivity index (χ3v) is 5.93. The van der Waals surface area contributed by atoms with Crippen LogP contribution >= 0.6 is 22.9 Å². The van der Waals surface area contributed by atoms with Gasteiger partial charge in [-0.3, -0.25) is 0 Å². The van der Waals surface area contributed by atoms with E-state index in [4.69, 9.17) is 16.7 Å². The Kier molecular flexibility index (Phi) is 6.55. The van der Waals surface area contributed by atoms with Gasteiger partial charge in [0.1, 0.15) is 5.82 Å². The van der Waals surface area contributed by atoms with Crippen LogP contribution in [-0.2, 0) is 10.0 Å². The molecule has 0 unspecified atom stereocenters. The van der Waals surface area contributed by atoms with Gasteiger partial charge < -0.3 is 5.11 Å². The van der Waals surface area contributed by atoms with E-state index >= 15 is 0 Å². The first-order valence-corrected chi connectivity index (χ1v) is 9.82. The first-order chi connectivity index (χ1) is 10.9. The molecule has 0 aliphatic rings. The van der Waals surface area contributed by atoms with Crippen LogP contribution in [-0.4, -0.2) is 26.7 Å². The van der Waals surface area contributed by atoms with Crippen molar-refractivity contribution in [3.63, 3.8) is 0 Å². The van der Waals surface area contributed by atoms with Gasteiger partial charge in [-0.1, -0.05) is 11.6 Å². The summed E-state index contributed by atoms with van der Waals surface area (Å²) >= 11 is 7.18. The van der Waals surface area contributed by atoms with Gasteiger partial charge in [0.05, 0.1) is 9.92 Å². The van der Waals surface area contributed by atoms with E-state index in [-0.39, 0.29) is 29.0 Å². The summed E-state index contributed by atoms with van der Waals surface area (Å²) in [6, 6.07) is 5.26. The van der Waals surface area contributed by atoms with E-state index in [0.29, 0.717) is 12.8 Å². The molecule has 1 atom stereocenters. The maximum Gasteiger partial charge on any atom is 0.240 e. The number of nitrogens with one attached hydrogen (secondary N) is 1. The molecule has 0 saturated carbocycles. The van der Waals surface area contributed by atoms with Crippen LogP contribution in [0.4, 0.5) is 4.39 Å². The molecule has 4 nitrogen and oxygen atoms in total. The zero-order chi connectivity index (χ0) is 16.9. The summed E-state index contributed by atoms with van der Waals surface area (Å²) < 4.78 is 40.0. The van der Waals surface area contributed by atoms with Crippen molar-refractivity contribution in [1.29, 1.82) is 0 Å². The minimum atomic E-state index is -3.74. The molecule has 2 rings (SSSR count). The Morgan fingerprint density at radius 2 is 2.09 bits per heavy atom. The molecular formula is C15H17ClFNO3S2. The summed E-state index contributed by atoms with van der Waals surface area (Å²) in [7, 11) is -3.74. The summed E-state index contributed by atoms with van der Waals surface area (Å²) in [6.45, 7) is 0.263. The number of aliphatic hydroxyl groups excluding tert-OH is 1. The molecule has 2 N–H and O–H groups in total. The smallest absolute Gasteiger partial charge is 0.240 e. The van der Waals surface area contributed by atoms with Crippen LogP contribution in [0.25, 0.3) is 0 Å². The molecule has 8 heteroatoms. The molecule has 0 amide bonds. The van der Waals surface area contributed by atoms with Gasteiger partial charge in [0.15, 0.2) is 0 Å². The minimum absolute atomic E-state index is 0.0425. The van der Waals surface area contributed by atoms with Crippen LogP contribution in [0.15, 0.2) is 39.9 Å². The van der Waals surface area contributed by atoms with Crippen molar-refractivity contribution in [2.45, 2.75) is 23.7 Å². The van der Waals surface area contributed by atoms with E-state index < -0.39 is 15.8 Å². The van der Waals surface area contributed by atoms with E-state index in [1.807, 2.05) is 16.8 Å². The third kappa shape index (κ3) is 4.99. The number of halogens is 2. The van der Waals surface area contributed by atoms with Crippen molar-refractivity contribution in [3.8, 4) is 0 Å². The molecule has 0 aliphatic carbocycles. The number of benzene rings is 1. The van der Waals surface area contributed by atoms with Crippen molar-refractivity contribution < 1.29 is 17.9 Å². The number of hydrogen-bond donors (Lipinski definition) is 2. The van der Waals surface area contributed by atoms with Crippen molar-refractivity contribution >= 4 is 33.0 Å². The van der Waals surface area contributed by atoms with Crippen LogP contribution in [0, 0.1) is 5.82 Å². The number of sulfonamides is 1. The molecule has 1 heterocycles. The lowest BCUT2D eigenvalue weighted by atomic mass is 9.95. The summed E-state index contributed by atoms with van der Waals surface area (Å²) in [5, 5.41) is 12.9. The number of thiophene rings is 1. The van der Waals surface area contributed by atoms with Crippen molar-refractivity contribution in [1.82, 2.24) is 4.72 Å². The van der Waals surface area contributed by atoms with Crippen LogP contribution in [0.3, 0.4) is 0 Å². The normalized spacial score (nSPS) is 13.2. The van der Waals surface area contributed by atoms with Gasteiger partial charge in [0, 0.05) is 13.2 Å². The van der Waals surface area contributed by atoms with Gasteiger partial charge in [0.25, 0.3) is 0 Å². The number of rotatable bonds is 8. The fourth-order valence-corrected chi connectivity index (χ4v) is 4.30. The highest BCUT2D eigenvalue weighted by atomic mass is 35.5. The molecular weight excluding hydrogens is 361 g/mol. The second-order valence-corrected chi connectivity index (χ2v) is 7.98. The SMILES string of the molecule is O=S(=O)(NCC[C@H](CCO)c1ccsc1)c1ccc(F)c(Cl)c1. The standard InChI is InChI=1S/C15H17ClFNO3S2/c16-14-9-13(1-2-15(14)17)23(20,21)18-6-3-11(4-7-19)12-5-8-22-10-12/h1-2,5,8-11,18-19H,3-4,6-7H2/t11-/m1/s1. The first kappa shape index (κ1) is 18.4. The highest BCUT2D eigenvalue weighted by Gasteiger charge is 2.17. The third-order valence-electron chi connectivity index (χ3n) is 3.48. The molecule has 23 heavy (non-hydrogen) atoms. The Labute approximate surface area is 144 Å². The number of aliphatic hydroxyl groups is 1. The second-order valence-electron chi connectivity index (χ2n) is 5.03. The van der Waals surface area contributed by atoms with E-state index in [9.17, 15) is 12.8 Å². The maximum atomic E-state index is 13.1. The molecule has 0 saturated heterocycles. The van der Waals surface area contributed by atoms with E-state index in [1.54, 1.807) is 11.3 Å². The predicted molar refractivity (Wildman–Crippen MR) is 90.0 cm³/mol. The zero-order valence-corrected chi connectivity index (χ0v) is 14.6. The Morgan fingerprint density at radius 1 is 1.30 bits per heavy atom. The van der Waals surface area contributed by atoms with Crippen LogP contribution in [0.5, 0.6) is 0 Å². The summed E-state index contributed by atoms with van der Waals surface area (Å²) in [5.74, 6) is -0.572. The fourth-order valence-electron chi connectivity index (χ4n) is 2.24. The molecule has 0 fully saturated rings. The molecule has 1 aromatic carbocycles. The fraction of sp³-hybridized carbons (Fsp3) is 0.333. The quantitative estimate of drug-likeness (QED) is 0.741. The number of hydrogen-bond acceptors (Lipinski definition) is 4. The van der Waals surface area contributed by atoms with Crippen LogP contribution in [0.2, 0.25) is 5.02 Å². The maximum absolute atomic E-state index is 13.1. The molecule has 0 radical (unpaired) electrons. The Hall–Kier alpha value is -0.990. The summed E-state index contributed by atoms with van der Waals surface area (Å²) in [4.78, 5) is -0.0712.